The van der Waals surface area contributed by atoms with Crippen LogP contribution in [0.2, 0.25) is 10.0 Å². The van der Waals surface area contributed by atoms with Crippen LogP contribution in [-0.4, -0.2) is 40.8 Å². The van der Waals surface area contributed by atoms with E-state index in [1.54, 1.807) is 20.8 Å². The van der Waals surface area contributed by atoms with E-state index in [1.807, 2.05) is 0 Å². The maximum absolute atomic E-state index is 12.9. The van der Waals surface area contributed by atoms with Gasteiger partial charge in [0.2, 0.25) is 10.0 Å². The van der Waals surface area contributed by atoms with Gasteiger partial charge in [0.05, 0.1) is 22.2 Å². The molecule has 0 spiro atoms. The van der Waals surface area contributed by atoms with Crippen molar-refractivity contribution in [2.24, 2.45) is 0 Å². The predicted molar refractivity (Wildman–Crippen MR) is 115 cm³/mol. The van der Waals surface area contributed by atoms with Crippen LogP contribution in [0.4, 0.5) is 5.69 Å². The highest BCUT2D eigenvalue weighted by molar-refractivity contribution is 7.93. The van der Waals surface area contributed by atoms with Crippen LogP contribution >= 0.6 is 23.2 Å². The van der Waals surface area contributed by atoms with Crippen LogP contribution in [0, 0.1) is 0 Å². The van der Waals surface area contributed by atoms with E-state index in [4.69, 9.17) is 27.9 Å². The van der Waals surface area contributed by atoms with Crippen molar-refractivity contribution >= 4 is 48.9 Å². The molecule has 2 aromatic carbocycles. The molecule has 2 aromatic rings. The topological polar surface area (TPSA) is 92.8 Å². The number of hydrogen-bond acceptors (Lipinski definition) is 5. The van der Waals surface area contributed by atoms with E-state index in [2.05, 4.69) is 4.72 Å². The zero-order chi connectivity index (χ0) is 21.8. The first kappa shape index (κ1) is 23.8. The molecule has 0 atom stereocenters. The summed E-state index contributed by atoms with van der Waals surface area (Å²) in [5, 5.41) is 0.171. The monoisotopic (exact) mass is 480 g/mol. The van der Waals surface area contributed by atoms with Crippen molar-refractivity contribution in [1.29, 1.82) is 0 Å². The molecular weight excluding hydrogens is 459 g/mol. The molecule has 7 nitrogen and oxygen atoms in total. The average Bonchev–Trinajstić information content (AvgIpc) is 2.65. The lowest BCUT2D eigenvalue weighted by atomic mass is 10.3. The van der Waals surface area contributed by atoms with Crippen LogP contribution in [0.25, 0.3) is 0 Å². The van der Waals surface area contributed by atoms with Gasteiger partial charge in [0, 0.05) is 18.1 Å². The molecule has 0 amide bonds. The molecule has 1 N–H and O–H groups in total. The smallest absolute Gasteiger partial charge is 0.263 e. The fourth-order valence-electron chi connectivity index (χ4n) is 2.63. The Hall–Kier alpha value is -1.52. The Morgan fingerprint density at radius 2 is 1.62 bits per heavy atom. The van der Waals surface area contributed by atoms with E-state index in [-0.39, 0.29) is 51.0 Å². The molecule has 0 saturated carbocycles. The molecule has 0 saturated heterocycles. The van der Waals surface area contributed by atoms with Gasteiger partial charge in [-0.25, -0.2) is 16.8 Å². The molecule has 160 valence electrons. The summed E-state index contributed by atoms with van der Waals surface area (Å²) in [6.45, 7) is 6.00. The quantitative estimate of drug-likeness (QED) is 0.579. The maximum atomic E-state index is 12.9. The molecule has 2 rings (SSSR count). The van der Waals surface area contributed by atoms with Gasteiger partial charge in [-0.2, -0.15) is 4.31 Å². The number of rotatable bonds is 9. The lowest BCUT2D eigenvalue weighted by Gasteiger charge is -2.20. The van der Waals surface area contributed by atoms with Crippen molar-refractivity contribution in [3.63, 3.8) is 0 Å². The standard InChI is InChI=1S/C18H22Cl2N2O5S2/c1-4-22(5-2)29(25,26)14-8-10-17(27-6-3)16(12-14)21-28(23,24)18-11-13(19)7-9-15(18)20/h7-12,21H,4-6H2,1-3H3. The Balaban J connectivity index is 2.57. The summed E-state index contributed by atoms with van der Waals surface area (Å²) in [7, 11) is -7.95. The van der Waals surface area contributed by atoms with Crippen molar-refractivity contribution in [2.75, 3.05) is 24.4 Å². The summed E-state index contributed by atoms with van der Waals surface area (Å²) < 4.78 is 60.5. The third-order valence-electron chi connectivity index (χ3n) is 4.02. The number of nitrogens with zero attached hydrogens (tertiary/aromatic N) is 1. The van der Waals surface area contributed by atoms with E-state index in [9.17, 15) is 16.8 Å². The molecule has 0 heterocycles. The third kappa shape index (κ3) is 5.35. The van der Waals surface area contributed by atoms with E-state index in [0.29, 0.717) is 0 Å². The number of ether oxygens (including phenoxy) is 1. The first-order valence-electron chi connectivity index (χ1n) is 8.81. The highest BCUT2D eigenvalue weighted by atomic mass is 35.5. The number of anilines is 1. The Morgan fingerprint density at radius 3 is 2.21 bits per heavy atom. The molecule has 0 aliphatic heterocycles. The van der Waals surface area contributed by atoms with Gasteiger partial charge in [0.25, 0.3) is 10.0 Å². The van der Waals surface area contributed by atoms with Crippen molar-refractivity contribution in [3.8, 4) is 5.75 Å². The first-order chi connectivity index (χ1) is 13.6. The lowest BCUT2D eigenvalue weighted by molar-refractivity contribution is 0.341. The lowest BCUT2D eigenvalue weighted by Crippen LogP contribution is -2.30. The van der Waals surface area contributed by atoms with Crippen molar-refractivity contribution in [3.05, 3.63) is 46.4 Å². The van der Waals surface area contributed by atoms with Crippen LogP contribution in [0.5, 0.6) is 5.75 Å². The number of halogens is 2. The predicted octanol–water partition coefficient (Wildman–Crippen LogP) is 4.22. The highest BCUT2D eigenvalue weighted by Crippen LogP contribution is 2.33. The molecule has 0 unspecified atom stereocenters. The van der Waals surface area contributed by atoms with Crippen molar-refractivity contribution < 1.29 is 21.6 Å². The van der Waals surface area contributed by atoms with Gasteiger partial charge in [-0.05, 0) is 43.3 Å². The molecule has 0 aliphatic rings. The fraction of sp³-hybridized carbons (Fsp3) is 0.333. The fourth-order valence-corrected chi connectivity index (χ4v) is 5.94. The van der Waals surface area contributed by atoms with Crippen LogP contribution in [0.3, 0.4) is 0 Å². The van der Waals surface area contributed by atoms with Gasteiger partial charge in [0.1, 0.15) is 10.6 Å². The number of sulfonamides is 2. The van der Waals surface area contributed by atoms with Crippen LogP contribution in [0.15, 0.2) is 46.2 Å². The molecule has 11 heteroatoms. The van der Waals surface area contributed by atoms with E-state index in [1.165, 1.54) is 40.7 Å². The van der Waals surface area contributed by atoms with Crippen LogP contribution in [0.1, 0.15) is 20.8 Å². The number of nitrogens with one attached hydrogen (secondary N) is 1. The number of hydrogen-bond donors (Lipinski definition) is 1. The second-order valence-corrected chi connectivity index (χ2v) is 10.3. The Labute approximate surface area is 181 Å². The third-order valence-corrected chi connectivity index (χ3v) is 8.15. The second kappa shape index (κ2) is 9.53. The molecule has 0 bridgehead atoms. The molecule has 0 radical (unpaired) electrons. The summed E-state index contributed by atoms with van der Waals surface area (Å²) >= 11 is 11.9. The SMILES string of the molecule is CCOc1ccc(S(=O)(=O)N(CC)CC)cc1NS(=O)(=O)c1cc(Cl)ccc1Cl. The summed E-state index contributed by atoms with van der Waals surface area (Å²) in [4.78, 5) is -0.286. The van der Waals surface area contributed by atoms with Gasteiger partial charge in [0.15, 0.2) is 0 Å². The minimum Gasteiger partial charge on any atom is -0.492 e. The van der Waals surface area contributed by atoms with E-state index < -0.39 is 20.0 Å². The highest BCUT2D eigenvalue weighted by Gasteiger charge is 2.25. The van der Waals surface area contributed by atoms with Gasteiger partial charge >= 0.3 is 0 Å². The van der Waals surface area contributed by atoms with Crippen LogP contribution in [-0.2, 0) is 20.0 Å². The Bertz CT molecular complexity index is 1090. The molecule has 0 aliphatic carbocycles. The second-order valence-electron chi connectivity index (χ2n) is 5.86. The summed E-state index contributed by atoms with van der Waals surface area (Å²) in [5.74, 6) is 0.188. The Morgan fingerprint density at radius 1 is 0.966 bits per heavy atom. The Kier molecular flexibility index (Phi) is 7.80. The van der Waals surface area contributed by atoms with E-state index >= 15 is 0 Å². The minimum atomic E-state index is -4.16. The maximum Gasteiger partial charge on any atom is 0.263 e. The first-order valence-corrected chi connectivity index (χ1v) is 12.5. The summed E-state index contributed by atoms with van der Waals surface area (Å²) in [5.41, 5.74) is -0.0175. The van der Waals surface area contributed by atoms with E-state index in [0.717, 1.165) is 0 Å². The summed E-state index contributed by atoms with van der Waals surface area (Å²) in [6.07, 6.45) is 0. The normalized spacial score (nSPS) is 12.2. The van der Waals surface area contributed by atoms with Gasteiger partial charge in [-0.3, -0.25) is 4.72 Å². The minimum absolute atomic E-state index is 0.0175. The molecule has 29 heavy (non-hydrogen) atoms. The summed E-state index contributed by atoms with van der Waals surface area (Å²) in [6, 6.07) is 8.06. The zero-order valence-electron chi connectivity index (χ0n) is 16.1. The van der Waals surface area contributed by atoms with Crippen molar-refractivity contribution in [1.82, 2.24) is 4.31 Å². The largest absolute Gasteiger partial charge is 0.492 e. The molecular formula is C18H22Cl2N2O5S2. The van der Waals surface area contributed by atoms with Gasteiger partial charge in [-0.15, -0.1) is 0 Å². The van der Waals surface area contributed by atoms with Gasteiger partial charge < -0.3 is 4.74 Å². The average molecular weight is 481 g/mol. The zero-order valence-corrected chi connectivity index (χ0v) is 19.3. The van der Waals surface area contributed by atoms with Crippen molar-refractivity contribution in [2.45, 2.75) is 30.6 Å². The van der Waals surface area contributed by atoms with Gasteiger partial charge in [-0.1, -0.05) is 37.0 Å². The number of benzene rings is 2. The molecule has 0 aromatic heterocycles. The van der Waals surface area contributed by atoms with Crippen LogP contribution < -0.4 is 9.46 Å². The molecule has 0 fully saturated rings.